The molecule has 0 saturated carbocycles. The second kappa shape index (κ2) is 6.37. The number of hydrogen-bond donors (Lipinski definition) is 1. The van der Waals surface area contributed by atoms with Gasteiger partial charge in [-0.2, -0.15) is 0 Å². The Hall–Kier alpha value is -1.40. The first-order valence-corrected chi connectivity index (χ1v) is 7.11. The van der Waals surface area contributed by atoms with Crippen LogP contribution < -0.4 is 4.90 Å². The van der Waals surface area contributed by atoms with Gasteiger partial charge in [0.2, 0.25) is 5.28 Å². The lowest BCUT2D eigenvalue weighted by Crippen LogP contribution is -2.48. The van der Waals surface area contributed by atoms with Gasteiger partial charge in [-0.15, -0.1) is 0 Å². The van der Waals surface area contributed by atoms with Crippen LogP contribution in [0.15, 0.2) is 0 Å². The molecule has 0 aliphatic carbocycles. The minimum Gasteiger partial charge on any atom is -0.480 e. The van der Waals surface area contributed by atoms with E-state index < -0.39 is 5.97 Å². The van der Waals surface area contributed by atoms with E-state index in [1.54, 1.807) is 0 Å². The van der Waals surface area contributed by atoms with Crippen molar-refractivity contribution in [1.82, 2.24) is 14.9 Å². The van der Waals surface area contributed by atoms with E-state index in [1.165, 1.54) is 0 Å². The van der Waals surface area contributed by atoms with Crippen molar-refractivity contribution >= 4 is 23.4 Å². The highest BCUT2D eigenvalue weighted by Gasteiger charge is 2.22. The highest BCUT2D eigenvalue weighted by molar-refractivity contribution is 6.28. The molecule has 1 aliphatic heterocycles. The van der Waals surface area contributed by atoms with Crippen LogP contribution in [0.2, 0.25) is 5.28 Å². The molecule has 7 heteroatoms. The van der Waals surface area contributed by atoms with Crippen molar-refractivity contribution < 1.29 is 9.90 Å². The van der Waals surface area contributed by atoms with Crippen LogP contribution in [0.5, 0.6) is 0 Å². The Kier molecular flexibility index (Phi) is 4.77. The molecule has 20 heavy (non-hydrogen) atoms. The summed E-state index contributed by atoms with van der Waals surface area (Å²) in [6.45, 7) is 7.06. The Labute approximate surface area is 123 Å². The number of nitrogens with zero attached hydrogens (tertiary/aromatic N) is 4. The Morgan fingerprint density at radius 2 is 1.95 bits per heavy atom. The van der Waals surface area contributed by atoms with Crippen LogP contribution in [-0.2, 0) is 11.2 Å². The van der Waals surface area contributed by atoms with Crippen molar-refractivity contribution in [3.05, 3.63) is 16.5 Å². The molecule has 0 aromatic carbocycles. The molecular formula is C13H19ClN4O2. The molecule has 0 radical (unpaired) electrons. The number of halogens is 1. The standard InChI is InChI=1S/C13H19ClN4O2/c1-3-10-9(2)15-13(14)16-12(10)18-6-4-17(5-7-18)8-11(19)20/h3-8H2,1-2H3,(H,19,20). The largest absolute Gasteiger partial charge is 0.480 e. The smallest absolute Gasteiger partial charge is 0.317 e. The zero-order valence-electron chi connectivity index (χ0n) is 11.8. The fourth-order valence-electron chi connectivity index (χ4n) is 2.53. The topological polar surface area (TPSA) is 69.6 Å². The molecule has 1 N–H and O–H groups in total. The normalized spacial score (nSPS) is 16.4. The third kappa shape index (κ3) is 3.37. The maximum Gasteiger partial charge on any atom is 0.317 e. The van der Waals surface area contributed by atoms with Gasteiger partial charge in [0.1, 0.15) is 5.82 Å². The first-order chi connectivity index (χ1) is 9.51. The average Bonchev–Trinajstić information content (AvgIpc) is 2.38. The number of aryl methyl sites for hydroxylation is 1. The maximum atomic E-state index is 10.7. The van der Waals surface area contributed by atoms with Gasteiger partial charge < -0.3 is 10.0 Å². The van der Waals surface area contributed by atoms with Gasteiger partial charge >= 0.3 is 5.97 Å². The molecule has 6 nitrogen and oxygen atoms in total. The zero-order valence-corrected chi connectivity index (χ0v) is 12.5. The number of hydrogen-bond acceptors (Lipinski definition) is 5. The predicted octanol–water partition coefficient (Wildman–Crippen LogP) is 1.21. The molecule has 0 amide bonds. The van der Waals surface area contributed by atoms with E-state index in [9.17, 15) is 4.79 Å². The van der Waals surface area contributed by atoms with Gasteiger partial charge in [-0.25, -0.2) is 9.97 Å². The molecule has 2 rings (SSSR count). The van der Waals surface area contributed by atoms with Crippen LogP contribution in [0.1, 0.15) is 18.2 Å². The second-order valence-corrected chi connectivity index (χ2v) is 5.23. The lowest BCUT2D eigenvalue weighted by Gasteiger charge is -2.35. The summed E-state index contributed by atoms with van der Waals surface area (Å²) in [5, 5.41) is 9.08. The SMILES string of the molecule is CCc1c(C)nc(Cl)nc1N1CCN(CC(=O)O)CC1. The highest BCUT2D eigenvalue weighted by Crippen LogP contribution is 2.24. The third-order valence-corrected chi connectivity index (χ3v) is 3.72. The van der Waals surface area contributed by atoms with Crippen molar-refractivity contribution in [3.63, 3.8) is 0 Å². The fourth-order valence-corrected chi connectivity index (χ4v) is 2.74. The Morgan fingerprint density at radius 3 is 2.50 bits per heavy atom. The first kappa shape index (κ1) is 15.0. The number of aromatic nitrogens is 2. The Balaban J connectivity index is 2.12. The number of anilines is 1. The summed E-state index contributed by atoms with van der Waals surface area (Å²) in [5.74, 6) is 0.105. The van der Waals surface area contributed by atoms with E-state index >= 15 is 0 Å². The number of piperazine rings is 1. The molecule has 2 heterocycles. The third-order valence-electron chi connectivity index (χ3n) is 3.55. The molecule has 0 spiro atoms. The van der Waals surface area contributed by atoms with Crippen molar-refractivity contribution in [2.24, 2.45) is 0 Å². The van der Waals surface area contributed by atoms with E-state index in [-0.39, 0.29) is 11.8 Å². The summed E-state index contributed by atoms with van der Waals surface area (Å²) in [6, 6.07) is 0. The number of carbonyl (C=O) groups is 1. The van der Waals surface area contributed by atoms with Gasteiger partial charge in [0.05, 0.1) is 6.54 Å². The number of carboxylic acids is 1. The van der Waals surface area contributed by atoms with Crippen molar-refractivity contribution in [2.75, 3.05) is 37.6 Å². The lowest BCUT2D eigenvalue weighted by molar-refractivity contribution is -0.138. The molecule has 1 saturated heterocycles. The number of aliphatic carboxylic acids is 1. The zero-order chi connectivity index (χ0) is 14.7. The summed E-state index contributed by atoms with van der Waals surface area (Å²) in [5.41, 5.74) is 2.02. The molecule has 110 valence electrons. The van der Waals surface area contributed by atoms with Crippen molar-refractivity contribution in [2.45, 2.75) is 20.3 Å². The maximum absolute atomic E-state index is 10.7. The lowest BCUT2D eigenvalue weighted by atomic mass is 10.1. The van der Waals surface area contributed by atoms with Crippen LogP contribution in [0, 0.1) is 6.92 Å². The summed E-state index contributed by atoms with van der Waals surface area (Å²) >= 11 is 5.96. The summed E-state index contributed by atoms with van der Waals surface area (Å²) in [4.78, 5) is 23.4. The van der Waals surface area contributed by atoms with E-state index in [0.29, 0.717) is 0 Å². The van der Waals surface area contributed by atoms with Crippen molar-refractivity contribution in [1.29, 1.82) is 0 Å². The number of rotatable bonds is 4. The molecule has 1 aromatic rings. The molecule has 0 bridgehead atoms. The van der Waals surface area contributed by atoms with Crippen LogP contribution in [0.25, 0.3) is 0 Å². The summed E-state index contributed by atoms with van der Waals surface area (Å²) in [6.07, 6.45) is 0.855. The van der Waals surface area contributed by atoms with Crippen molar-refractivity contribution in [3.8, 4) is 0 Å². The van der Waals surface area contributed by atoms with Crippen LogP contribution in [0.3, 0.4) is 0 Å². The first-order valence-electron chi connectivity index (χ1n) is 6.73. The highest BCUT2D eigenvalue weighted by atomic mass is 35.5. The molecule has 0 atom stereocenters. The van der Waals surface area contributed by atoms with Crippen LogP contribution in [-0.4, -0.2) is 58.7 Å². The quantitative estimate of drug-likeness (QED) is 0.843. The van der Waals surface area contributed by atoms with E-state index in [0.717, 1.165) is 49.7 Å². The minimum absolute atomic E-state index is 0.0953. The predicted molar refractivity (Wildman–Crippen MR) is 77.4 cm³/mol. The van der Waals surface area contributed by atoms with Gasteiger partial charge in [0, 0.05) is 37.4 Å². The molecular weight excluding hydrogens is 280 g/mol. The molecule has 1 aliphatic rings. The monoisotopic (exact) mass is 298 g/mol. The van der Waals surface area contributed by atoms with E-state index in [2.05, 4.69) is 21.8 Å². The van der Waals surface area contributed by atoms with Gasteiger partial charge in [0.15, 0.2) is 0 Å². The molecule has 1 fully saturated rings. The summed E-state index contributed by atoms with van der Waals surface area (Å²) in [7, 11) is 0. The molecule has 0 unspecified atom stereocenters. The van der Waals surface area contributed by atoms with E-state index in [1.807, 2.05) is 11.8 Å². The Morgan fingerprint density at radius 1 is 1.30 bits per heavy atom. The average molecular weight is 299 g/mol. The van der Waals surface area contributed by atoms with Crippen LogP contribution >= 0.6 is 11.6 Å². The molecule has 1 aromatic heterocycles. The van der Waals surface area contributed by atoms with Gasteiger partial charge in [-0.1, -0.05) is 6.92 Å². The summed E-state index contributed by atoms with van der Waals surface area (Å²) < 4.78 is 0. The number of carboxylic acid groups (broad SMARTS) is 1. The second-order valence-electron chi connectivity index (χ2n) is 4.89. The Bertz CT molecular complexity index is 501. The van der Waals surface area contributed by atoms with Gasteiger partial charge in [-0.05, 0) is 24.9 Å². The minimum atomic E-state index is -0.784. The van der Waals surface area contributed by atoms with E-state index in [4.69, 9.17) is 16.7 Å². The van der Waals surface area contributed by atoms with Crippen LogP contribution in [0.4, 0.5) is 5.82 Å². The fraction of sp³-hybridized carbons (Fsp3) is 0.615. The van der Waals surface area contributed by atoms with Gasteiger partial charge in [0.25, 0.3) is 0 Å². The van der Waals surface area contributed by atoms with Gasteiger partial charge in [-0.3, -0.25) is 9.69 Å².